The number of methoxy groups -OCH3 is 1. The zero-order valence-corrected chi connectivity index (χ0v) is 15.9. The maximum absolute atomic E-state index is 13.9. The van der Waals surface area contributed by atoms with E-state index in [-0.39, 0.29) is 32.8 Å². The van der Waals surface area contributed by atoms with Gasteiger partial charge < -0.3 is 15.8 Å². The summed E-state index contributed by atoms with van der Waals surface area (Å²) >= 11 is 0.273. The third-order valence-corrected chi connectivity index (χ3v) is 6.28. The molecule has 3 amide bonds. The second kappa shape index (κ2) is 6.82. The number of para-hydroxylation sites is 2. The molecule has 1 aromatic heterocycles. The van der Waals surface area contributed by atoms with Crippen LogP contribution in [0.4, 0.5) is 28.8 Å². The number of anilines is 2. The Balaban J connectivity index is 2.10. The Kier molecular flexibility index (Phi) is 4.88. The number of amides is 3. The second-order valence-electron chi connectivity index (χ2n) is 5.50. The van der Waals surface area contributed by atoms with E-state index in [1.165, 1.54) is 35.3 Å². The molecular weight excluding hydrogens is 441 g/mol. The monoisotopic (exact) mass is 452 g/mol. The molecule has 29 heavy (non-hydrogen) atoms. The zero-order chi connectivity index (χ0) is 21.6. The summed E-state index contributed by atoms with van der Waals surface area (Å²) in [6, 6.07) is 3.75. The van der Waals surface area contributed by atoms with Gasteiger partial charge in [0.1, 0.15) is 5.75 Å². The van der Waals surface area contributed by atoms with E-state index in [0.717, 1.165) is 6.07 Å². The van der Waals surface area contributed by atoms with Crippen molar-refractivity contribution < 1.29 is 35.9 Å². The van der Waals surface area contributed by atoms with Crippen molar-refractivity contribution in [1.82, 2.24) is 20.2 Å². The van der Waals surface area contributed by atoms with Crippen LogP contribution in [0.25, 0.3) is 0 Å². The number of carbonyl (C=O) groups is 2. The minimum atomic E-state index is -5.56. The molecule has 1 aliphatic rings. The number of nitrogens with two attached hydrogens (primary N) is 1. The predicted molar refractivity (Wildman–Crippen MR) is 92.4 cm³/mol. The van der Waals surface area contributed by atoms with Crippen LogP contribution in [-0.4, -0.2) is 49.5 Å². The van der Waals surface area contributed by atoms with Crippen molar-refractivity contribution in [2.75, 3.05) is 17.7 Å². The SMILES string of the molecule is COc1ccccc1N1C(=O)NC(NS(=O)(=O)c2nnc(N)s2)(C(F)(F)F)C1=O. The fourth-order valence-electron chi connectivity index (χ4n) is 2.46. The standard InChI is InChI=1S/C13H11F3N6O5S2/c1-27-7-5-3-2-4-6(7)22-8(23)12(13(14,15)16,18-10(22)24)21-29(25,26)11-20-19-9(17)28-11/h2-5,21H,1H3,(H2,17,19)(H,18,24). The van der Waals surface area contributed by atoms with Crippen molar-refractivity contribution in [1.29, 1.82) is 0 Å². The lowest BCUT2D eigenvalue weighted by molar-refractivity contribution is -0.194. The normalized spacial score (nSPS) is 20.1. The number of halogens is 3. The van der Waals surface area contributed by atoms with Gasteiger partial charge in [0.25, 0.3) is 21.6 Å². The number of ether oxygens (including phenoxy) is 1. The number of rotatable bonds is 5. The number of urea groups is 1. The molecule has 1 unspecified atom stereocenters. The van der Waals surface area contributed by atoms with Gasteiger partial charge in [0.05, 0.1) is 12.8 Å². The molecule has 1 aromatic carbocycles. The lowest BCUT2D eigenvalue weighted by atomic mass is 10.1. The number of nitrogens with one attached hydrogen (secondary N) is 2. The maximum Gasteiger partial charge on any atom is 0.435 e. The number of imide groups is 1. The third-order valence-electron chi connectivity index (χ3n) is 3.71. The van der Waals surface area contributed by atoms with Crippen LogP contribution in [0.3, 0.4) is 0 Å². The van der Waals surface area contributed by atoms with Gasteiger partial charge in [-0.05, 0) is 12.1 Å². The van der Waals surface area contributed by atoms with Gasteiger partial charge in [-0.1, -0.05) is 23.5 Å². The molecule has 1 aliphatic heterocycles. The summed E-state index contributed by atoms with van der Waals surface area (Å²) in [7, 11) is -3.86. The van der Waals surface area contributed by atoms with E-state index in [9.17, 15) is 31.2 Å². The van der Waals surface area contributed by atoms with Gasteiger partial charge in [-0.2, -0.15) is 17.9 Å². The molecule has 0 saturated carbocycles. The van der Waals surface area contributed by atoms with Crippen LogP contribution in [0.15, 0.2) is 28.6 Å². The molecule has 2 aromatic rings. The van der Waals surface area contributed by atoms with E-state index in [1.807, 2.05) is 0 Å². The summed E-state index contributed by atoms with van der Waals surface area (Å²) in [6.07, 6.45) is -5.56. The highest BCUT2D eigenvalue weighted by atomic mass is 32.2. The minimum absolute atomic E-state index is 0.0891. The van der Waals surface area contributed by atoms with Gasteiger partial charge in [0, 0.05) is 0 Å². The van der Waals surface area contributed by atoms with Gasteiger partial charge in [0.2, 0.25) is 9.47 Å². The highest BCUT2D eigenvalue weighted by Gasteiger charge is 2.70. The Hall–Kier alpha value is -2.98. The van der Waals surface area contributed by atoms with Crippen LogP contribution in [0.1, 0.15) is 0 Å². The number of alkyl halides is 3. The summed E-state index contributed by atoms with van der Waals surface area (Å²) in [5, 5.41) is 7.42. The molecule has 1 saturated heterocycles. The Morgan fingerprint density at radius 3 is 2.48 bits per heavy atom. The summed E-state index contributed by atoms with van der Waals surface area (Å²) < 4.78 is 71.6. The number of aromatic nitrogens is 2. The Morgan fingerprint density at radius 2 is 1.93 bits per heavy atom. The van der Waals surface area contributed by atoms with Crippen LogP contribution in [0.5, 0.6) is 5.75 Å². The minimum Gasteiger partial charge on any atom is -0.495 e. The van der Waals surface area contributed by atoms with E-state index >= 15 is 0 Å². The maximum atomic E-state index is 13.9. The highest BCUT2D eigenvalue weighted by Crippen LogP contribution is 2.39. The largest absolute Gasteiger partial charge is 0.495 e. The number of nitrogen functional groups attached to an aromatic ring is 1. The first kappa shape index (κ1) is 20.7. The summed E-state index contributed by atoms with van der Waals surface area (Å²) in [5.74, 6) is -2.02. The van der Waals surface area contributed by atoms with Gasteiger partial charge in [0.15, 0.2) is 0 Å². The molecule has 3 rings (SSSR count). The van der Waals surface area contributed by atoms with Gasteiger partial charge in [-0.3, -0.25) is 4.79 Å². The third kappa shape index (κ3) is 3.34. The quantitative estimate of drug-likeness (QED) is 0.551. The van der Waals surface area contributed by atoms with E-state index in [1.54, 1.807) is 0 Å². The first-order chi connectivity index (χ1) is 13.4. The molecule has 11 nitrogen and oxygen atoms in total. The lowest BCUT2D eigenvalue weighted by Crippen LogP contribution is -2.69. The number of nitrogens with zero attached hydrogens (tertiary/aromatic N) is 3. The fraction of sp³-hybridized carbons (Fsp3) is 0.231. The van der Waals surface area contributed by atoms with Crippen molar-refractivity contribution >= 4 is 44.1 Å². The summed E-state index contributed by atoms with van der Waals surface area (Å²) in [5.41, 5.74) is 0.955. The Labute approximate surface area is 164 Å². The zero-order valence-electron chi connectivity index (χ0n) is 14.2. The molecule has 0 radical (unpaired) electrons. The molecule has 156 valence electrons. The van der Waals surface area contributed by atoms with Crippen LogP contribution >= 0.6 is 11.3 Å². The molecule has 1 fully saturated rings. The molecule has 1 atom stereocenters. The smallest absolute Gasteiger partial charge is 0.435 e. The summed E-state index contributed by atoms with van der Waals surface area (Å²) in [4.78, 5) is 25.2. The van der Waals surface area contributed by atoms with E-state index in [4.69, 9.17) is 10.5 Å². The molecule has 0 bridgehead atoms. The number of benzene rings is 1. The predicted octanol–water partition coefficient (Wildman–Crippen LogP) is 0.422. The van der Waals surface area contributed by atoms with Crippen LogP contribution in [0.2, 0.25) is 0 Å². The lowest BCUT2D eigenvalue weighted by Gasteiger charge is -2.29. The number of hydrogen-bond donors (Lipinski definition) is 3. The molecular formula is C13H11F3N6O5S2. The average molecular weight is 452 g/mol. The number of carbonyl (C=O) groups excluding carboxylic acids is 2. The van der Waals surface area contributed by atoms with Gasteiger partial charge in [-0.25, -0.2) is 18.1 Å². The Bertz CT molecular complexity index is 1090. The van der Waals surface area contributed by atoms with Gasteiger partial charge in [-0.15, -0.1) is 10.2 Å². The summed E-state index contributed by atoms with van der Waals surface area (Å²) in [6.45, 7) is 0. The highest BCUT2D eigenvalue weighted by molar-refractivity contribution is 7.91. The van der Waals surface area contributed by atoms with Gasteiger partial charge >= 0.3 is 12.2 Å². The first-order valence-corrected chi connectivity index (χ1v) is 9.72. The van der Waals surface area contributed by atoms with E-state index in [0.29, 0.717) is 0 Å². The van der Waals surface area contributed by atoms with Crippen molar-refractivity contribution in [3.63, 3.8) is 0 Å². The van der Waals surface area contributed by atoms with Crippen molar-refractivity contribution in [2.45, 2.75) is 16.2 Å². The first-order valence-electron chi connectivity index (χ1n) is 7.42. The topological polar surface area (TPSA) is 157 Å². The molecule has 0 aliphatic carbocycles. The molecule has 4 N–H and O–H groups in total. The van der Waals surface area contributed by atoms with Crippen LogP contribution in [-0.2, 0) is 14.8 Å². The second-order valence-corrected chi connectivity index (χ2v) is 8.37. The van der Waals surface area contributed by atoms with Crippen LogP contribution < -0.4 is 25.4 Å². The fourth-order valence-corrected chi connectivity index (χ4v) is 4.51. The van der Waals surface area contributed by atoms with E-state index < -0.39 is 38.1 Å². The van der Waals surface area contributed by atoms with Crippen LogP contribution in [0, 0.1) is 0 Å². The Morgan fingerprint density at radius 1 is 1.28 bits per heavy atom. The molecule has 0 spiro atoms. The van der Waals surface area contributed by atoms with E-state index in [2.05, 4.69) is 10.2 Å². The number of hydrogen-bond acceptors (Lipinski definition) is 9. The van der Waals surface area contributed by atoms with Crippen molar-refractivity contribution in [3.8, 4) is 5.75 Å². The van der Waals surface area contributed by atoms with Crippen molar-refractivity contribution in [3.05, 3.63) is 24.3 Å². The van der Waals surface area contributed by atoms with Crippen molar-refractivity contribution in [2.24, 2.45) is 0 Å². The average Bonchev–Trinajstić information content (AvgIpc) is 3.17. The molecule has 2 heterocycles. The number of sulfonamides is 1. The molecule has 16 heteroatoms.